The molecular formula is C32H41N3O5. The van der Waals surface area contributed by atoms with Gasteiger partial charge in [-0.25, -0.2) is 0 Å². The largest absolute Gasteiger partial charge is 0.396 e. The Balaban J connectivity index is 1.48. The maximum Gasteiger partial charge on any atom is 0.250 e. The number of para-hydroxylation sites is 1. The summed E-state index contributed by atoms with van der Waals surface area (Å²) in [7, 11) is 0. The Labute approximate surface area is 236 Å². The van der Waals surface area contributed by atoms with Crippen LogP contribution in [0.2, 0.25) is 0 Å². The molecule has 8 heteroatoms. The molecule has 6 atom stereocenters. The van der Waals surface area contributed by atoms with E-state index in [9.17, 15) is 19.5 Å². The van der Waals surface area contributed by atoms with Gasteiger partial charge in [0.2, 0.25) is 17.7 Å². The lowest BCUT2D eigenvalue weighted by Crippen LogP contribution is -2.54. The highest BCUT2D eigenvalue weighted by molar-refractivity contribution is 6.04. The van der Waals surface area contributed by atoms with E-state index in [2.05, 4.69) is 17.6 Å². The third-order valence-corrected chi connectivity index (χ3v) is 9.44. The fraction of sp³-hybridized carbons (Fsp3) is 0.531. The number of fused-ring (bicyclic) bond motifs is 1. The van der Waals surface area contributed by atoms with Gasteiger partial charge in [-0.05, 0) is 69.1 Å². The van der Waals surface area contributed by atoms with E-state index in [1.807, 2.05) is 69.3 Å². The second kappa shape index (κ2) is 11.0. The molecule has 2 aromatic rings. The van der Waals surface area contributed by atoms with Gasteiger partial charge in [-0.15, -0.1) is 0 Å². The van der Waals surface area contributed by atoms with Crippen LogP contribution in [-0.2, 0) is 25.7 Å². The molecule has 8 nitrogen and oxygen atoms in total. The number of ether oxygens (including phenoxy) is 1. The van der Waals surface area contributed by atoms with E-state index in [1.54, 1.807) is 4.90 Å². The Kier molecular flexibility index (Phi) is 7.77. The van der Waals surface area contributed by atoms with E-state index in [1.165, 1.54) is 0 Å². The van der Waals surface area contributed by atoms with Gasteiger partial charge in [-0.1, -0.05) is 55.5 Å². The number of nitrogens with one attached hydrogen (secondary N) is 2. The lowest BCUT2D eigenvalue weighted by molar-refractivity contribution is -0.146. The molecule has 0 radical (unpaired) electrons. The Morgan fingerprint density at radius 1 is 1.02 bits per heavy atom. The Hall–Kier alpha value is -3.23. The van der Waals surface area contributed by atoms with Gasteiger partial charge in [0.15, 0.2) is 0 Å². The number of aliphatic hydroxyl groups excluding tert-OH is 1. The molecule has 3 N–H and O–H groups in total. The molecule has 0 saturated carbocycles. The van der Waals surface area contributed by atoms with Crippen molar-refractivity contribution >= 4 is 23.4 Å². The topological polar surface area (TPSA) is 108 Å². The van der Waals surface area contributed by atoms with E-state index >= 15 is 0 Å². The van der Waals surface area contributed by atoms with Gasteiger partial charge in [0.1, 0.15) is 11.6 Å². The van der Waals surface area contributed by atoms with Crippen LogP contribution in [0, 0.1) is 31.6 Å². The van der Waals surface area contributed by atoms with Crippen molar-refractivity contribution in [1.82, 2.24) is 10.2 Å². The van der Waals surface area contributed by atoms with Gasteiger partial charge in [0, 0.05) is 25.4 Å². The Morgan fingerprint density at radius 3 is 2.40 bits per heavy atom. The number of anilines is 1. The number of hydrogen-bond acceptors (Lipinski definition) is 5. The first kappa shape index (κ1) is 28.3. The van der Waals surface area contributed by atoms with Gasteiger partial charge < -0.3 is 25.4 Å². The number of amides is 3. The molecule has 3 fully saturated rings. The summed E-state index contributed by atoms with van der Waals surface area (Å²) in [5.41, 5.74) is 1.65. The molecule has 0 aromatic heterocycles. The minimum atomic E-state index is -1.09. The van der Waals surface area contributed by atoms with Gasteiger partial charge in [0.05, 0.1) is 17.4 Å². The summed E-state index contributed by atoms with van der Waals surface area (Å²) in [4.78, 5) is 43.8. The normalized spacial score (nSPS) is 30.4. The molecule has 0 aliphatic carbocycles. The second-order valence-electron chi connectivity index (χ2n) is 12.0. The van der Waals surface area contributed by atoms with Crippen LogP contribution in [0.25, 0.3) is 0 Å². The van der Waals surface area contributed by atoms with E-state index in [0.29, 0.717) is 32.4 Å². The zero-order valence-corrected chi connectivity index (χ0v) is 23.9. The number of unbranched alkanes of at least 4 members (excludes halogenated alkanes) is 2. The van der Waals surface area contributed by atoms with Crippen LogP contribution in [0.5, 0.6) is 0 Å². The average Bonchev–Trinajstić information content (AvgIpc) is 3.44. The number of hydrogen-bond donors (Lipinski definition) is 3. The molecule has 2 bridgehead atoms. The van der Waals surface area contributed by atoms with Crippen molar-refractivity contribution in [2.24, 2.45) is 17.8 Å². The van der Waals surface area contributed by atoms with Crippen LogP contribution in [0.4, 0.5) is 5.69 Å². The van der Waals surface area contributed by atoms with Gasteiger partial charge in [-0.2, -0.15) is 0 Å². The van der Waals surface area contributed by atoms with E-state index in [0.717, 1.165) is 28.8 Å². The van der Waals surface area contributed by atoms with E-state index < -0.39 is 29.1 Å². The molecule has 5 rings (SSSR count). The molecule has 3 aliphatic heterocycles. The van der Waals surface area contributed by atoms with Gasteiger partial charge >= 0.3 is 0 Å². The quantitative estimate of drug-likeness (QED) is 0.393. The average molecular weight is 548 g/mol. The van der Waals surface area contributed by atoms with E-state index in [4.69, 9.17) is 4.74 Å². The molecular weight excluding hydrogens is 506 g/mol. The Morgan fingerprint density at radius 2 is 1.73 bits per heavy atom. The van der Waals surface area contributed by atoms with Crippen molar-refractivity contribution in [2.75, 3.05) is 18.5 Å². The second-order valence-corrected chi connectivity index (χ2v) is 12.0. The van der Waals surface area contributed by atoms with Crippen molar-refractivity contribution in [1.29, 1.82) is 0 Å². The number of aryl methyl sites for hydroxylation is 2. The highest BCUT2D eigenvalue weighted by Crippen LogP contribution is 2.65. The Bertz CT molecular complexity index is 1260. The van der Waals surface area contributed by atoms with Crippen LogP contribution >= 0.6 is 0 Å². The number of carbonyl (C=O) groups is 3. The summed E-state index contributed by atoms with van der Waals surface area (Å²) in [5.74, 6) is -2.15. The lowest BCUT2D eigenvalue weighted by Gasteiger charge is -2.36. The number of benzene rings is 2. The van der Waals surface area contributed by atoms with Crippen LogP contribution in [-0.4, -0.2) is 58.1 Å². The van der Waals surface area contributed by atoms with Crippen molar-refractivity contribution in [3.8, 4) is 0 Å². The highest BCUT2D eigenvalue weighted by Gasteiger charge is 2.79. The van der Waals surface area contributed by atoms with Crippen LogP contribution in [0.15, 0.2) is 48.5 Å². The first-order valence-electron chi connectivity index (χ1n) is 14.4. The molecule has 40 heavy (non-hydrogen) atoms. The monoisotopic (exact) mass is 547 g/mol. The SMILES string of the molecule is Cc1cccc(C)c1NC(=O)C1N(CCCCCO)C(=O)[C@@H]2[C@@H](C(=O)NCc3ccccc3)[C@]3(C)OC12CC3C. The molecule has 3 unspecified atom stereocenters. The summed E-state index contributed by atoms with van der Waals surface area (Å²) in [6, 6.07) is 14.7. The number of rotatable bonds is 10. The zero-order chi connectivity index (χ0) is 28.7. The fourth-order valence-electron chi connectivity index (χ4n) is 7.35. The zero-order valence-electron chi connectivity index (χ0n) is 23.9. The number of nitrogens with zero attached hydrogens (tertiary/aromatic N) is 1. The first-order valence-corrected chi connectivity index (χ1v) is 14.4. The third-order valence-electron chi connectivity index (χ3n) is 9.44. The van der Waals surface area contributed by atoms with Gasteiger partial charge in [-0.3, -0.25) is 14.4 Å². The lowest BCUT2D eigenvalue weighted by atomic mass is 9.62. The van der Waals surface area contributed by atoms with Crippen molar-refractivity contribution in [3.63, 3.8) is 0 Å². The molecule has 3 saturated heterocycles. The number of carbonyl (C=O) groups excluding carboxylic acids is 3. The maximum atomic E-state index is 14.2. The summed E-state index contributed by atoms with van der Waals surface area (Å²) >= 11 is 0. The summed E-state index contributed by atoms with van der Waals surface area (Å²) < 4.78 is 6.81. The summed E-state index contributed by atoms with van der Waals surface area (Å²) in [6.45, 7) is 8.69. The number of likely N-dealkylation sites (tertiary alicyclic amines) is 1. The van der Waals surface area contributed by atoms with Crippen LogP contribution in [0.3, 0.4) is 0 Å². The molecule has 3 aliphatic rings. The fourth-order valence-corrected chi connectivity index (χ4v) is 7.35. The smallest absolute Gasteiger partial charge is 0.250 e. The summed E-state index contributed by atoms with van der Waals surface area (Å²) in [5, 5.41) is 15.4. The van der Waals surface area contributed by atoms with Crippen molar-refractivity contribution in [3.05, 3.63) is 65.2 Å². The van der Waals surface area contributed by atoms with Crippen molar-refractivity contribution in [2.45, 2.75) is 77.2 Å². The summed E-state index contributed by atoms with van der Waals surface area (Å²) in [6.07, 6.45) is 2.55. The third kappa shape index (κ3) is 4.61. The number of aliphatic hydroxyl groups is 1. The van der Waals surface area contributed by atoms with Crippen LogP contribution < -0.4 is 10.6 Å². The van der Waals surface area contributed by atoms with Crippen molar-refractivity contribution < 1.29 is 24.2 Å². The van der Waals surface area contributed by atoms with E-state index in [-0.39, 0.29) is 30.2 Å². The molecule has 2 aromatic carbocycles. The first-order chi connectivity index (χ1) is 19.1. The molecule has 3 heterocycles. The standard InChI is InChI=1S/C32H41N3O5/c1-20-12-11-13-21(2)26(20)34-29(38)27-32-18-22(3)31(4,40-32)24(28(37)33-19-23-14-7-5-8-15-23)25(32)30(39)35(27)16-9-6-10-17-36/h5,7-8,11-15,22,24-25,27,36H,6,9-10,16-19H2,1-4H3,(H,33,37)(H,34,38)/t22?,24-,25-,27?,31+,32?/m0/s1. The predicted octanol–water partition coefficient (Wildman–Crippen LogP) is 3.73. The molecule has 214 valence electrons. The minimum Gasteiger partial charge on any atom is -0.396 e. The minimum absolute atomic E-state index is 0.0196. The van der Waals surface area contributed by atoms with Gasteiger partial charge in [0.25, 0.3) is 0 Å². The predicted molar refractivity (Wildman–Crippen MR) is 152 cm³/mol. The highest BCUT2D eigenvalue weighted by atomic mass is 16.5. The molecule has 3 amide bonds. The maximum absolute atomic E-state index is 14.2. The molecule has 1 spiro atoms. The van der Waals surface area contributed by atoms with Crippen LogP contribution in [0.1, 0.15) is 56.2 Å².